The first kappa shape index (κ1) is 6.34. The van der Waals surface area contributed by atoms with Crippen LogP contribution in [-0.4, -0.2) is 19.0 Å². The summed E-state index contributed by atoms with van der Waals surface area (Å²) in [4.78, 5) is 7.13. The Hall–Kier alpha value is -1.38. The van der Waals surface area contributed by atoms with Gasteiger partial charge in [0, 0.05) is 17.7 Å². The van der Waals surface area contributed by atoms with Gasteiger partial charge in [-0.15, -0.1) is 0 Å². The molecule has 11 heavy (non-hydrogen) atoms. The minimum absolute atomic E-state index is 0.716. The number of aromatic amines is 1. The highest BCUT2D eigenvalue weighted by molar-refractivity contribution is 5.94. The van der Waals surface area contributed by atoms with Gasteiger partial charge >= 0.3 is 0 Å². The van der Waals surface area contributed by atoms with E-state index in [0.29, 0.717) is 6.61 Å². The highest BCUT2D eigenvalue weighted by Crippen LogP contribution is 2.04. The highest BCUT2D eigenvalue weighted by atomic mass is 16.5. The molecule has 0 aliphatic carbocycles. The molecule has 1 aliphatic heterocycles. The molecule has 1 aliphatic rings. The average molecular weight is 149 g/mol. The van der Waals surface area contributed by atoms with E-state index in [-0.39, 0.29) is 0 Å². The Labute approximate surface area is 64.7 Å². The van der Waals surface area contributed by atoms with E-state index in [4.69, 9.17) is 4.74 Å². The van der Waals surface area contributed by atoms with Crippen molar-refractivity contribution in [1.82, 2.24) is 0 Å². The summed E-state index contributed by atoms with van der Waals surface area (Å²) in [7, 11) is 0. The summed E-state index contributed by atoms with van der Waals surface area (Å²) < 4.78 is 5.28. The normalized spacial score (nSPS) is 15.8. The van der Waals surface area contributed by atoms with Gasteiger partial charge in [-0.2, -0.15) is 0 Å². The minimum Gasteiger partial charge on any atom is -0.476 e. The molecule has 2 rings (SSSR count). The van der Waals surface area contributed by atoms with E-state index in [1.165, 1.54) is 0 Å². The fourth-order valence-corrected chi connectivity index (χ4v) is 1.04. The largest absolute Gasteiger partial charge is 0.476 e. The quantitative estimate of drug-likeness (QED) is 0.564. The molecule has 1 aromatic heterocycles. The van der Waals surface area contributed by atoms with Gasteiger partial charge in [0.25, 0.3) is 0 Å². The number of nitrogens with one attached hydrogen (secondary N) is 1. The second kappa shape index (κ2) is 2.70. The molecule has 56 valence electrons. The number of H-pyrrole nitrogens is 1. The van der Waals surface area contributed by atoms with Crippen LogP contribution in [0.3, 0.4) is 0 Å². The molecule has 0 bridgehead atoms. The summed E-state index contributed by atoms with van der Waals surface area (Å²) >= 11 is 0. The Kier molecular flexibility index (Phi) is 1.55. The van der Waals surface area contributed by atoms with Gasteiger partial charge in [0.15, 0.2) is 12.4 Å². The van der Waals surface area contributed by atoms with Crippen LogP contribution in [0.15, 0.2) is 29.5 Å². The van der Waals surface area contributed by atoms with Gasteiger partial charge in [-0.3, -0.25) is 0 Å². The Morgan fingerprint density at radius 1 is 1.36 bits per heavy atom. The van der Waals surface area contributed by atoms with Crippen molar-refractivity contribution in [1.29, 1.82) is 0 Å². The molecular weight excluding hydrogens is 140 g/mol. The first-order valence-electron chi connectivity index (χ1n) is 3.60. The van der Waals surface area contributed by atoms with E-state index >= 15 is 0 Å². The molecule has 3 nitrogen and oxygen atoms in total. The van der Waals surface area contributed by atoms with Crippen molar-refractivity contribution in [3.63, 3.8) is 0 Å². The lowest BCUT2D eigenvalue weighted by molar-refractivity contribution is -0.378. The number of pyridine rings is 1. The topological polar surface area (TPSA) is 35.7 Å². The van der Waals surface area contributed by atoms with Crippen LogP contribution >= 0.6 is 0 Å². The molecule has 0 fully saturated rings. The molecule has 1 N–H and O–H groups in total. The third-order valence-electron chi connectivity index (χ3n) is 1.55. The third kappa shape index (κ3) is 1.22. The molecule has 0 spiro atoms. The summed E-state index contributed by atoms with van der Waals surface area (Å²) in [5.41, 5.74) is 1.04. The summed E-state index contributed by atoms with van der Waals surface area (Å²) in [6, 6.07) is 3.90. The van der Waals surface area contributed by atoms with Gasteiger partial charge in [0.05, 0.1) is 6.54 Å². The van der Waals surface area contributed by atoms with Crippen LogP contribution in [0.25, 0.3) is 0 Å². The van der Waals surface area contributed by atoms with Gasteiger partial charge in [-0.05, 0) is 0 Å². The minimum atomic E-state index is 0.716. The van der Waals surface area contributed by atoms with Crippen molar-refractivity contribution < 1.29 is 9.72 Å². The Morgan fingerprint density at radius 2 is 2.18 bits per heavy atom. The predicted molar refractivity (Wildman–Crippen MR) is 40.4 cm³/mol. The van der Waals surface area contributed by atoms with Crippen LogP contribution < -0.4 is 4.98 Å². The third-order valence-corrected chi connectivity index (χ3v) is 1.55. The predicted octanol–water partition coefficient (Wildman–Crippen LogP) is 0.278. The zero-order chi connectivity index (χ0) is 7.52. The molecule has 3 heteroatoms. The van der Waals surface area contributed by atoms with E-state index in [0.717, 1.165) is 18.0 Å². The van der Waals surface area contributed by atoms with E-state index in [1.807, 2.05) is 24.5 Å². The van der Waals surface area contributed by atoms with Gasteiger partial charge in [0.2, 0.25) is 5.90 Å². The molecule has 0 aromatic carbocycles. The van der Waals surface area contributed by atoms with Gasteiger partial charge < -0.3 is 4.74 Å². The lowest BCUT2D eigenvalue weighted by Gasteiger charge is -1.96. The molecule has 2 heterocycles. The lowest BCUT2D eigenvalue weighted by atomic mass is 10.3. The van der Waals surface area contributed by atoms with Crippen molar-refractivity contribution in [2.45, 2.75) is 0 Å². The van der Waals surface area contributed by atoms with Crippen molar-refractivity contribution in [2.24, 2.45) is 4.99 Å². The Morgan fingerprint density at radius 3 is 2.82 bits per heavy atom. The van der Waals surface area contributed by atoms with Gasteiger partial charge in [0.1, 0.15) is 6.61 Å². The Bertz CT molecular complexity index is 269. The number of hydrogen-bond donors (Lipinski definition) is 0. The summed E-state index contributed by atoms with van der Waals surface area (Å²) in [6.45, 7) is 1.50. The molecular formula is C8H9N2O+. The SMILES string of the molecule is c1cc(C2=NCCO2)cc[nH+]1. The number of nitrogens with zero attached hydrogens (tertiary/aromatic N) is 1. The lowest BCUT2D eigenvalue weighted by Crippen LogP contribution is -2.05. The molecule has 0 atom stereocenters. The zero-order valence-corrected chi connectivity index (χ0v) is 6.08. The fourth-order valence-electron chi connectivity index (χ4n) is 1.04. The second-order valence-electron chi connectivity index (χ2n) is 2.32. The molecule has 1 aromatic rings. The van der Waals surface area contributed by atoms with Crippen LogP contribution in [0.5, 0.6) is 0 Å². The zero-order valence-electron chi connectivity index (χ0n) is 6.08. The summed E-state index contributed by atoms with van der Waals surface area (Å²) in [6.07, 6.45) is 3.72. The number of aromatic nitrogens is 1. The van der Waals surface area contributed by atoms with Crippen molar-refractivity contribution in [3.8, 4) is 0 Å². The van der Waals surface area contributed by atoms with E-state index in [1.54, 1.807) is 0 Å². The Balaban J connectivity index is 2.29. The number of ether oxygens (including phenoxy) is 1. The first-order chi connectivity index (χ1) is 5.47. The van der Waals surface area contributed by atoms with E-state index in [9.17, 15) is 0 Å². The fraction of sp³-hybridized carbons (Fsp3) is 0.250. The summed E-state index contributed by atoms with van der Waals surface area (Å²) in [5, 5.41) is 0. The van der Waals surface area contributed by atoms with Crippen LogP contribution in [0, 0.1) is 0 Å². The second-order valence-corrected chi connectivity index (χ2v) is 2.32. The standard InChI is InChI=1S/C8H8N2O/c1-3-9-4-2-7(1)8-10-5-6-11-8/h1-4H,5-6H2/p+1. The molecule has 0 radical (unpaired) electrons. The smallest absolute Gasteiger partial charge is 0.216 e. The summed E-state index contributed by atoms with van der Waals surface area (Å²) in [5.74, 6) is 0.763. The van der Waals surface area contributed by atoms with Crippen LogP contribution in [0.4, 0.5) is 0 Å². The average Bonchev–Trinajstić information content (AvgIpc) is 2.58. The maximum Gasteiger partial charge on any atom is 0.216 e. The van der Waals surface area contributed by atoms with E-state index in [2.05, 4.69) is 9.98 Å². The number of hydrogen-bond acceptors (Lipinski definition) is 2. The maximum absolute atomic E-state index is 5.28. The van der Waals surface area contributed by atoms with Crippen LogP contribution in [-0.2, 0) is 4.74 Å². The van der Waals surface area contributed by atoms with Crippen molar-refractivity contribution >= 4 is 5.90 Å². The van der Waals surface area contributed by atoms with Gasteiger partial charge in [-0.1, -0.05) is 0 Å². The van der Waals surface area contributed by atoms with E-state index < -0.39 is 0 Å². The maximum atomic E-state index is 5.28. The molecule has 0 amide bonds. The molecule has 0 saturated heterocycles. The number of aliphatic imine (C=N–C) groups is 1. The first-order valence-corrected chi connectivity index (χ1v) is 3.60. The van der Waals surface area contributed by atoms with Crippen molar-refractivity contribution in [2.75, 3.05) is 13.2 Å². The van der Waals surface area contributed by atoms with Crippen LogP contribution in [0.2, 0.25) is 0 Å². The van der Waals surface area contributed by atoms with Crippen LogP contribution in [0.1, 0.15) is 5.56 Å². The highest BCUT2D eigenvalue weighted by Gasteiger charge is 2.09. The monoisotopic (exact) mass is 149 g/mol. The number of rotatable bonds is 1. The molecule has 0 saturated carbocycles. The molecule has 0 unspecified atom stereocenters. The van der Waals surface area contributed by atoms with Crippen molar-refractivity contribution in [3.05, 3.63) is 30.1 Å². The van der Waals surface area contributed by atoms with Gasteiger partial charge in [-0.25, -0.2) is 9.98 Å².